The number of guanidine groups is 1. The van der Waals surface area contributed by atoms with E-state index < -0.39 is 47.8 Å². The lowest BCUT2D eigenvalue weighted by Crippen LogP contribution is -2.48. The number of nitrogens with two attached hydrogens (primary N) is 3. The first-order chi connectivity index (χ1) is 31.5. The number of nitrogens with one attached hydrogen (secondary N) is 3. The van der Waals surface area contributed by atoms with Gasteiger partial charge in [0.05, 0.1) is 12.5 Å². The molecule has 2 atom stereocenters. The second kappa shape index (κ2) is 31.3. The van der Waals surface area contributed by atoms with Crippen molar-refractivity contribution in [3.05, 3.63) is 71.8 Å². The molecule has 19 heteroatoms. The van der Waals surface area contributed by atoms with Gasteiger partial charge < -0.3 is 47.6 Å². The van der Waals surface area contributed by atoms with Crippen LogP contribution < -0.4 is 33.2 Å². The Labute approximate surface area is 391 Å². The van der Waals surface area contributed by atoms with Crippen LogP contribution in [0.25, 0.3) is 0 Å². The molecule has 1 heterocycles. The van der Waals surface area contributed by atoms with Gasteiger partial charge in [-0.25, -0.2) is 9.59 Å². The Bertz CT molecular complexity index is 1780. The molecule has 9 N–H and O–H groups in total. The van der Waals surface area contributed by atoms with Crippen molar-refractivity contribution < 1.29 is 38.3 Å². The maximum atomic E-state index is 12.8. The number of carbonyl (C=O) groups is 6. The third-order valence-electron chi connectivity index (χ3n) is 10.4. The third-order valence-corrected chi connectivity index (χ3v) is 10.4. The van der Waals surface area contributed by atoms with Gasteiger partial charge in [0.15, 0.2) is 5.96 Å². The van der Waals surface area contributed by atoms with Gasteiger partial charge in [-0.2, -0.15) is 0 Å². The lowest BCUT2D eigenvalue weighted by molar-refractivity contribution is -0.199. The number of likely N-dealkylation sites (N-methyl/N-ethyl adjacent to an activating group) is 1. The number of nitrogens with zero attached hydrogens (tertiary/aromatic N) is 5. The zero-order valence-corrected chi connectivity index (χ0v) is 40.1. The molecule has 0 saturated carbocycles. The molecule has 0 spiro atoms. The molecular weight excluding hydrogens is 847 g/mol. The number of aliphatic imine (C=N–C) groups is 1. The molecule has 1 fully saturated rings. The summed E-state index contributed by atoms with van der Waals surface area (Å²) in [5, 5.41) is 8.75. The highest BCUT2D eigenvalue weighted by Gasteiger charge is 2.36. The number of hydrogen-bond donors (Lipinski definition) is 6. The number of unbranched alkanes of at least 4 members (excludes halogenated alkanes) is 2. The Balaban J connectivity index is 0.000000547. The summed E-state index contributed by atoms with van der Waals surface area (Å²) in [6.07, 6.45) is 5.37. The van der Waals surface area contributed by atoms with Crippen LogP contribution in [-0.2, 0) is 46.6 Å². The maximum Gasteiger partial charge on any atom is 0.408 e. The highest BCUT2D eigenvalue weighted by molar-refractivity contribution is 6.02. The van der Waals surface area contributed by atoms with Crippen molar-refractivity contribution in [2.45, 2.75) is 116 Å². The molecule has 2 aromatic rings. The van der Waals surface area contributed by atoms with Crippen LogP contribution in [0.3, 0.4) is 0 Å². The van der Waals surface area contributed by atoms with Gasteiger partial charge in [-0.15, -0.1) is 5.06 Å². The van der Waals surface area contributed by atoms with Crippen molar-refractivity contribution in [1.82, 2.24) is 35.7 Å². The number of imide groups is 1. The van der Waals surface area contributed by atoms with Gasteiger partial charge in [0.2, 0.25) is 11.8 Å². The molecule has 0 aliphatic carbocycles. The number of hydrogen-bond acceptors (Lipinski definition) is 13. The summed E-state index contributed by atoms with van der Waals surface area (Å²) in [4.78, 5) is 86.0. The predicted molar refractivity (Wildman–Crippen MR) is 255 cm³/mol. The summed E-state index contributed by atoms with van der Waals surface area (Å²) >= 11 is 0. The van der Waals surface area contributed by atoms with E-state index in [0.29, 0.717) is 17.6 Å². The number of hydroxylamine groups is 2. The molecule has 2 aromatic carbocycles. The summed E-state index contributed by atoms with van der Waals surface area (Å²) < 4.78 is 4.95. The minimum atomic E-state index is -1.48. The van der Waals surface area contributed by atoms with Crippen molar-refractivity contribution in [2.24, 2.45) is 22.2 Å². The normalized spacial score (nSPS) is 13.8. The van der Waals surface area contributed by atoms with Gasteiger partial charge in [0.1, 0.15) is 11.6 Å². The van der Waals surface area contributed by atoms with E-state index in [0.717, 1.165) is 84.5 Å². The number of carbonyl (C=O) groups excluding carboxylic acids is 6. The Morgan fingerprint density at radius 1 is 0.773 bits per heavy atom. The predicted octanol–water partition coefficient (Wildman–Crippen LogP) is 2.62. The summed E-state index contributed by atoms with van der Waals surface area (Å²) in [7, 11) is 5.45. The zero-order valence-electron chi connectivity index (χ0n) is 40.1. The van der Waals surface area contributed by atoms with Crippen LogP contribution in [0.2, 0.25) is 0 Å². The van der Waals surface area contributed by atoms with Crippen molar-refractivity contribution >= 4 is 41.7 Å². The van der Waals surface area contributed by atoms with Gasteiger partial charge in [0, 0.05) is 59.7 Å². The molecule has 1 unspecified atom stereocenters. The highest BCUT2D eigenvalue weighted by atomic mass is 16.7. The second-order valence-electron chi connectivity index (χ2n) is 17.2. The molecule has 5 amide bonds. The van der Waals surface area contributed by atoms with E-state index in [2.05, 4.69) is 96.2 Å². The molecule has 19 nitrogen and oxygen atoms in total. The molecule has 0 radical (unpaired) electrons. The minimum absolute atomic E-state index is 0.0584. The average Bonchev–Trinajstić information content (AvgIpc) is 3.59. The SMILES string of the molecule is CC(C)(C)OC(=O)N[C@@H](CC(N)=O)C(=O)ON1C(=O)CCC1=O.CN=C(N)N(C)CCCC(NC)C(=O)NCCCN(CCCN(CCCCCN)Cc1ccccc1)Cc1ccccc1. The fourth-order valence-electron chi connectivity index (χ4n) is 6.92. The zero-order chi connectivity index (χ0) is 48.9. The number of ether oxygens (including phenoxy) is 1. The Kier molecular flexibility index (Phi) is 26.8. The van der Waals surface area contributed by atoms with E-state index in [4.69, 9.17) is 21.9 Å². The number of alkyl carbamates (subject to hydrolysis) is 1. The number of benzene rings is 2. The fraction of sp³-hybridized carbons (Fsp3) is 0.596. The van der Waals surface area contributed by atoms with Crippen molar-refractivity contribution in [3.63, 3.8) is 0 Å². The smallest absolute Gasteiger partial charge is 0.408 e. The molecule has 1 aliphatic rings. The first-order valence-electron chi connectivity index (χ1n) is 22.9. The van der Waals surface area contributed by atoms with Gasteiger partial charge in [0.25, 0.3) is 11.8 Å². The first-order valence-corrected chi connectivity index (χ1v) is 22.9. The lowest BCUT2D eigenvalue weighted by Gasteiger charge is -2.26. The molecule has 0 bridgehead atoms. The second-order valence-corrected chi connectivity index (χ2v) is 17.2. The van der Waals surface area contributed by atoms with Crippen molar-refractivity contribution in [3.8, 4) is 0 Å². The van der Waals surface area contributed by atoms with Crippen LogP contribution in [0.4, 0.5) is 4.79 Å². The topological polar surface area (TPSA) is 260 Å². The Morgan fingerprint density at radius 2 is 1.32 bits per heavy atom. The average molecular weight is 924 g/mol. The molecule has 368 valence electrons. The molecule has 1 aliphatic heterocycles. The molecule has 1 saturated heterocycles. The summed E-state index contributed by atoms with van der Waals surface area (Å²) in [6.45, 7) is 13.0. The third kappa shape index (κ3) is 24.1. The van der Waals surface area contributed by atoms with E-state index >= 15 is 0 Å². The van der Waals surface area contributed by atoms with Gasteiger partial charge >= 0.3 is 12.1 Å². The Morgan fingerprint density at radius 3 is 1.82 bits per heavy atom. The van der Waals surface area contributed by atoms with Crippen LogP contribution in [0, 0.1) is 0 Å². The fourth-order valence-corrected chi connectivity index (χ4v) is 6.92. The van der Waals surface area contributed by atoms with Crippen molar-refractivity contribution in [2.75, 3.05) is 67.0 Å². The van der Waals surface area contributed by atoms with Crippen LogP contribution in [0.1, 0.15) is 96.1 Å². The number of amides is 5. The summed E-state index contributed by atoms with van der Waals surface area (Å²) in [5.74, 6) is -2.85. The quantitative estimate of drug-likeness (QED) is 0.0311. The van der Waals surface area contributed by atoms with E-state index in [1.807, 2.05) is 19.0 Å². The summed E-state index contributed by atoms with van der Waals surface area (Å²) in [6, 6.07) is 19.7. The highest BCUT2D eigenvalue weighted by Crippen LogP contribution is 2.15. The largest absolute Gasteiger partial charge is 0.444 e. The Hall–Kier alpha value is -5.63. The van der Waals surface area contributed by atoms with Gasteiger partial charge in [-0.05, 0) is 104 Å². The number of primary amides is 1. The van der Waals surface area contributed by atoms with E-state index in [1.54, 1.807) is 27.8 Å². The van der Waals surface area contributed by atoms with E-state index in [1.165, 1.54) is 24.0 Å². The maximum absolute atomic E-state index is 12.8. The molecule has 66 heavy (non-hydrogen) atoms. The van der Waals surface area contributed by atoms with E-state index in [-0.39, 0.29) is 24.8 Å². The van der Waals surface area contributed by atoms with Crippen LogP contribution >= 0.6 is 0 Å². The monoisotopic (exact) mass is 924 g/mol. The van der Waals surface area contributed by atoms with Gasteiger partial charge in [-0.3, -0.25) is 34.0 Å². The van der Waals surface area contributed by atoms with Crippen molar-refractivity contribution in [1.29, 1.82) is 0 Å². The summed E-state index contributed by atoms with van der Waals surface area (Å²) in [5.41, 5.74) is 18.4. The van der Waals surface area contributed by atoms with Crippen LogP contribution in [0.15, 0.2) is 65.7 Å². The first kappa shape index (κ1) is 56.5. The molecule has 3 rings (SSSR count). The lowest BCUT2D eigenvalue weighted by atomic mass is 10.1. The van der Waals surface area contributed by atoms with E-state index in [9.17, 15) is 28.8 Å². The van der Waals surface area contributed by atoms with Crippen LogP contribution in [0.5, 0.6) is 0 Å². The molecule has 0 aromatic heterocycles. The minimum Gasteiger partial charge on any atom is -0.444 e. The number of rotatable bonds is 28. The standard InChI is InChI=1S/C34H58N8O.C13H19N3O7/c1-37-32(20-13-23-40(3)34(36)38-2)33(43)39-22-14-25-42(29-31-18-9-5-10-19-31)27-15-26-41(24-12-6-11-21-35)28-30-16-7-4-8-17-30;1-13(2,3)22-12(21)15-7(6-8(14)17)11(20)23-16-9(18)4-5-10(16)19/h4-5,7-10,16-19,32,37H,6,11-15,20-29,35H2,1-3H3,(H2,36,38)(H,39,43);7H,4-6H2,1-3H3,(H2,14,17)(H,15,21)/t;7-/m.0/s1. The molecular formula is C47H77N11O8. The van der Waals surface area contributed by atoms with Crippen LogP contribution in [-0.4, -0.2) is 146 Å². The van der Waals surface area contributed by atoms with Gasteiger partial charge in [-0.1, -0.05) is 67.1 Å².